The van der Waals surface area contributed by atoms with Crippen molar-refractivity contribution in [2.24, 2.45) is 5.84 Å². The van der Waals surface area contributed by atoms with Crippen molar-refractivity contribution in [1.82, 2.24) is 10.3 Å². The van der Waals surface area contributed by atoms with Crippen LogP contribution in [0.15, 0.2) is 0 Å². The van der Waals surface area contributed by atoms with Crippen LogP contribution in [-0.4, -0.2) is 35.0 Å². The summed E-state index contributed by atoms with van der Waals surface area (Å²) < 4.78 is 0. The zero-order chi connectivity index (χ0) is 8.97. The summed E-state index contributed by atoms with van der Waals surface area (Å²) >= 11 is 1.91. The fraction of sp³-hybridized carbons (Fsp3) is 0.857. The maximum Gasteiger partial charge on any atom is 0.331 e. The van der Waals surface area contributed by atoms with E-state index in [-0.39, 0.29) is 6.03 Å². The van der Waals surface area contributed by atoms with Gasteiger partial charge in [0.1, 0.15) is 0 Å². The first-order chi connectivity index (χ1) is 5.74. The van der Waals surface area contributed by atoms with Crippen LogP contribution in [0.3, 0.4) is 0 Å². The summed E-state index contributed by atoms with van der Waals surface area (Å²) in [4.78, 5) is 12.9. The van der Waals surface area contributed by atoms with Gasteiger partial charge in [0.05, 0.1) is 0 Å². The molecular weight excluding hydrogens is 174 g/mol. The number of nitrogens with one attached hydrogen (secondary N) is 1. The third kappa shape index (κ3) is 2.57. The molecule has 12 heavy (non-hydrogen) atoms. The van der Waals surface area contributed by atoms with E-state index in [1.807, 2.05) is 11.8 Å². The number of carbonyl (C=O) groups is 1. The molecule has 1 unspecified atom stereocenters. The Kier molecular flexibility index (Phi) is 3.68. The highest BCUT2D eigenvalue weighted by atomic mass is 32.2. The average Bonchev–Trinajstić information content (AvgIpc) is 2.29. The molecule has 1 aliphatic rings. The van der Waals surface area contributed by atoms with E-state index in [4.69, 9.17) is 5.84 Å². The van der Waals surface area contributed by atoms with Crippen molar-refractivity contribution in [2.45, 2.75) is 18.6 Å². The third-order valence-electron chi connectivity index (χ3n) is 1.98. The van der Waals surface area contributed by atoms with Gasteiger partial charge in [-0.15, -0.1) is 0 Å². The van der Waals surface area contributed by atoms with E-state index in [9.17, 15) is 4.79 Å². The molecule has 0 aromatic heterocycles. The number of hydrogen-bond donors (Lipinski definition) is 2. The molecule has 1 heterocycles. The molecule has 0 aromatic carbocycles. The maximum atomic E-state index is 11.1. The van der Waals surface area contributed by atoms with Crippen LogP contribution in [0.25, 0.3) is 0 Å². The Morgan fingerprint density at radius 1 is 1.67 bits per heavy atom. The van der Waals surface area contributed by atoms with Crippen LogP contribution in [0.5, 0.6) is 0 Å². The number of carbonyl (C=O) groups excluding carboxylic acids is 1. The van der Waals surface area contributed by atoms with E-state index >= 15 is 0 Å². The SMILES string of the molecule is CC1CCN(C(=O)NN)CCS1. The molecule has 1 aliphatic heterocycles. The average molecular weight is 189 g/mol. The molecule has 0 aromatic rings. The number of urea groups is 1. The standard InChI is InChI=1S/C7H15N3OS/c1-6-2-3-10(4-5-12-6)7(11)9-8/h6H,2-5,8H2,1H3,(H,9,11). The number of nitrogens with zero attached hydrogens (tertiary/aromatic N) is 1. The Hall–Kier alpha value is -0.420. The van der Waals surface area contributed by atoms with E-state index in [0.29, 0.717) is 5.25 Å². The summed E-state index contributed by atoms with van der Waals surface area (Å²) in [5, 5.41) is 0.653. The van der Waals surface area contributed by atoms with Crippen molar-refractivity contribution >= 4 is 17.8 Å². The minimum atomic E-state index is -0.162. The van der Waals surface area contributed by atoms with Crippen LogP contribution < -0.4 is 11.3 Å². The lowest BCUT2D eigenvalue weighted by Gasteiger charge is -2.18. The van der Waals surface area contributed by atoms with Crippen LogP contribution in [0.1, 0.15) is 13.3 Å². The Labute approximate surface area is 76.8 Å². The first kappa shape index (κ1) is 9.67. The summed E-state index contributed by atoms with van der Waals surface area (Å²) in [5.41, 5.74) is 2.16. The Balaban J connectivity index is 2.40. The lowest BCUT2D eigenvalue weighted by Crippen LogP contribution is -2.44. The van der Waals surface area contributed by atoms with Crippen molar-refractivity contribution in [3.05, 3.63) is 0 Å². The molecule has 0 aliphatic carbocycles. The topological polar surface area (TPSA) is 58.4 Å². The number of nitrogens with two attached hydrogens (primary N) is 1. The minimum Gasteiger partial charge on any atom is -0.323 e. The van der Waals surface area contributed by atoms with Crippen LogP contribution >= 0.6 is 11.8 Å². The maximum absolute atomic E-state index is 11.1. The van der Waals surface area contributed by atoms with Crippen LogP contribution in [-0.2, 0) is 0 Å². The molecule has 70 valence electrons. The predicted molar refractivity (Wildman–Crippen MR) is 50.8 cm³/mol. The first-order valence-corrected chi connectivity index (χ1v) is 5.16. The van der Waals surface area contributed by atoms with Gasteiger partial charge in [0.2, 0.25) is 0 Å². The van der Waals surface area contributed by atoms with Gasteiger partial charge in [-0.2, -0.15) is 11.8 Å². The van der Waals surface area contributed by atoms with E-state index in [0.717, 1.165) is 25.3 Å². The molecule has 5 heteroatoms. The second-order valence-corrected chi connectivity index (χ2v) is 4.45. The molecule has 1 saturated heterocycles. The molecule has 3 N–H and O–H groups in total. The minimum absolute atomic E-state index is 0.162. The van der Waals surface area contributed by atoms with Gasteiger partial charge in [0.15, 0.2) is 0 Å². The normalized spacial score (nSPS) is 24.8. The largest absolute Gasteiger partial charge is 0.331 e. The van der Waals surface area contributed by atoms with Crippen LogP contribution in [0.4, 0.5) is 4.79 Å². The summed E-state index contributed by atoms with van der Waals surface area (Å²) in [6.45, 7) is 3.81. The highest BCUT2D eigenvalue weighted by Crippen LogP contribution is 2.18. The van der Waals surface area contributed by atoms with Crippen LogP contribution in [0, 0.1) is 0 Å². The van der Waals surface area contributed by atoms with Gasteiger partial charge in [0, 0.05) is 24.1 Å². The van der Waals surface area contributed by atoms with Crippen molar-refractivity contribution in [1.29, 1.82) is 0 Å². The summed E-state index contributed by atoms with van der Waals surface area (Å²) in [6, 6.07) is -0.162. The number of thioether (sulfide) groups is 1. The quantitative estimate of drug-likeness (QED) is 0.329. The molecule has 4 nitrogen and oxygen atoms in total. The predicted octanol–water partition coefficient (Wildman–Crippen LogP) is 0.397. The van der Waals surface area contributed by atoms with Crippen molar-refractivity contribution < 1.29 is 4.79 Å². The van der Waals surface area contributed by atoms with Gasteiger partial charge in [-0.05, 0) is 6.42 Å². The number of hydrogen-bond acceptors (Lipinski definition) is 3. The Morgan fingerprint density at radius 2 is 2.42 bits per heavy atom. The molecule has 0 bridgehead atoms. The molecule has 0 saturated carbocycles. The Morgan fingerprint density at radius 3 is 3.08 bits per heavy atom. The highest BCUT2D eigenvalue weighted by Gasteiger charge is 2.17. The fourth-order valence-corrected chi connectivity index (χ4v) is 2.19. The van der Waals surface area contributed by atoms with Gasteiger partial charge in [-0.25, -0.2) is 10.6 Å². The second-order valence-electron chi connectivity index (χ2n) is 2.91. The van der Waals surface area contributed by atoms with E-state index < -0.39 is 0 Å². The smallest absolute Gasteiger partial charge is 0.323 e. The lowest BCUT2D eigenvalue weighted by atomic mass is 10.3. The molecule has 1 atom stereocenters. The van der Waals surface area contributed by atoms with E-state index in [1.54, 1.807) is 4.90 Å². The monoisotopic (exact) mass is 189 g/mol. The lowest BCUT2D eigenvalue weighted by molar-refractivity contribution is 0.201. The zero-order valence-corrected chi connectivity index (χ0v) is 8.06. The summed E-state index contributed by atoms with van der Waals surface area (Å²) in [7, 11) is 0. The molecule has 2 amide bonds. The Bertz CT molecular complexity index is 165. The van der Waals surface area contributed by atoms with Gasteiger partial charge < -0.3 is 4.90 Å². The summed E-state index contributed by atoms with van der Waals surface area (Å²) in [6.07, 6.45) is 1.05. The van der Waals surface area contributed by atoms with Crippen molar-refractivity contribution in [3.63, 3.8) is 0 Å². The molecule has 1 rings (SSSR count). The van der Waals surface area contributed by atoms with E-state index in [2.05, 4.69) is 12.3 Å². The second kappa shape index (κ2) is 4.57. The van der Waals surface area contributed by atoms with Gasteiger partial charge in [-0.3, -0.25) is 5.43 Å². The van der Waals surface area contributed by atoms with Crippen LogP contribution in [0.2, 0.25) is 0 Å². The zero-order valence-electron chi connectivity index (χ0n) is 7.25. The summed E-state index contributed by atoms with van der Waals surface area (Å²) in [5.74, 6) is 6.05. The van der Waals surface area contributed by atoms with Crippen molar-refractivity contribution in [2.75, 3.05) is 18.8 Å². The first-order valence-electron chi connectivity index (χ1n) is 4.11. The van der Waals surface area contributed by atoms with Gasteiger partial charge in [-0.1, -0.05) is 6.92 Å². The van der Waals surface area contributed by atoms with Crippen molar-refractivity contribution in [3.8, 4) is 0 Å². The molecular formula is C7H15N3OS. The molecule has 0 spiro atoms. The molecule has 0 radical (unpaired) electrons. The number of hydrazine groups is 1. The van der Waals surface area contributed by atoms with E-state index in [1.165, 1.54) is 0 Å². The van der Waals surface area contributed by atoms with Gasteiger partial charge >= 0.3 is 6.03 Å². The highest BCUT2D eigenvalue weighted by molar-refractivity contribution is 7.99. The molecule has 1 fully saturated rings. The van der Waals surface area contributed by atoms with Gasteiger partial charge in [0.25, 0.3) is 0 Å². The fourth-order valence-electron chi connectivity index (χ4n) is 1.19. The number of amides is 2. The third-order valence-corrected chi connectivity index (χ3v) is 3.20. The number of rotatable bonds is 0.